The van der Waals surface area contributed by atoms with Gasteiger partial charge in [0, 0.05) is 39.8 Å². The summed E-state index contributed by atoms with van der Waals surface area (Å²) < 4.78 is 5.47. The highest BCUT2D eigenvalue weighted by Crippen LogP contribution is 2.42. The Morgan fingerprint density at radius 2 is 1.77 bits per heavy atom. The van der Waals surface area contributed by atoms with Gasteiger partial charge < -0.3 is 29.7 Å². The van der Waals surface area contributed by atoms with Crippen LogP contribution in [0.1, 0.15) is 39.2 Å². The van der Waals surface area contributed by atoms with Gasteiger partial charge in [0.25, 0.3) is 0 Å². The predicted molar refractivity (Wildman–Crippen MR) is 131 cm³/mol. The van der Waals surface area contributed by atoms with Crippen molar-refractivity contribution in [3.05, 3.63) is 89.2 Å². The van der Waals surface area contributed by atoms with E-state index in [4.69, 9.17) is 4.42 Å². The second-order valence-corrected chi connectivity index (χ2v) is 8.32. The van der Waals surface area contributed by atoms with Crippen molar-refractivity contribution in [1.82, 2.24) is 9.97 Å². The van der Waals surface area contributed by atoms with Crippen LogP contribution in [0.5, 0.6) is 5.75 Å². The Balaban J connectivity index is 1.62. The summed E-state index contributed by atoms with van der Waals surface area (Å²) in [6.45, 7) is 1.79. The summed E-state index contributed by atoms with van der Waals surface area (Å²) in [4.78, 5) is 31.6. The van der Waals surface area contributed by atoms with Crippen LogP contribution >= 0.6 is 0 Å². The second-order valence-electron chi connectivity index (χ2n) is 8.32. The Kier molecular flexibility index (Phi) is 5.50. The predicted octanol–water partition coefficient (Wildman–Crippen LogP) is 5.03. The van der Waals surface area contributed by atoms with Crippen LogP contribution in [-0.4, -0.2) is 43.6 Å². The highest BCUT2D eigenvalue weighted by atomic mass is 16.4. The van der Waals surface area contributed by atoms with E-state index in [9.17, 15) is 24.9 Å². The number of para-hydroxylation sites is 2. The van der Waals surface area contributed by atoms with E-state index >= 15 is 0 Å². The number of carbonyl (C=O) groups excluding carboxylic acids is 1. The summed E-state index contributed by atoms with van der Waals surface area (Å²) in [6.07, 6.45) is 5.56. The van der Waals surface area contributed by atoms with Crippen molar-refractivity contribution in [2.45, 2.75) is 13.3 Å². The lowest BCUT2D eigenvalue weighted by atomic mass is 10.0. The number of fused-ring (bicyclic) bond motifs is 2. The Morgan fingerprint density at radius 3 is 2.54 bits per heavy atom. The van der Waals surface area contributed by atoms with Crippen LogP contribution in [0.15, 0.2) is 70.9 Å². The number of H-pyrrole nitrogens is 2. The quantitative estimate of drug-likeness (QED) is 0.167. The van der Waals surface area contributed by atoms with Crippen molar-refractivity contribution in [1.29, 1.82) is 0 Å². The van der Waals surface area contributed by atoms with Crippen LogP contribution < -0.4 is 0 Å². The molecular weight excluding hydrogens is 448 g/mol. The minimum atomic E-state index is -1.40. The Hall–Kier alpha value is -4.56. The molecule has 5 aromatic rings. The smallest absolute Gasteiger partial charge is 0.372 e. The number of aromatic carboxylic acids is 1. The van der Waals surface area contributed by atoms with E-state index in [0.29, 0.717) is 22.8 Å². The van der Waals surface area contributed by atoms with Gasteiger partial charge in [-0.3, -0.25) is 4.79 Å². The zero-order valence-corrected chi connectivity index (χ0v) is 18.8. The van der Waals surface area contributed by atoms with Gasteiger partial charge in [-0.25, -0.2) is 4.79 Å². The molecule has 0 saturated heterocycles. The summed E-state index contributed by atoms with van der Waals surface area (Å²) in [5.41, 5.74) is 3.85. The third-order valence-corrected chi connectivity index (χ3v) is 6.11. The third-order valence-electron chi connectivity index (χ3n) is 6.11. The highest BCUT2D eigenvalue weighted by molar-refractivity contribution is 6.18. The molecule has 0 aliphatic heterocycles. The van der Waals surface area contributed by atoms with Crippen molar-refractivity contribution in [2.24, 2.45) is 0 Å². The number of aromatic hydroxyl groups is 1. The molecule has 2 aromatic carbocycles. The maximum Gasteiger partial charge on any atom is 0.372 e. The van der Waals surface area contributed by atoms with Crippen LogP contribution in [0.2, 0.25) is 0 Å². The highest BCUT2D eigenvalue weighted by Gasteiger charge is 2.32. The number of furan rings is 1. The van der Waals surface area contributed by atoms with Crippen LogP contribution in [-0.2, 0) is 6.42 Å². The van der Waals surface area contributed by atoms with E-state index in [0.717, 1.165) is 22.2 Å². The minimum Gasteiger partial charge on any atom is -0.504 e. The first-order valence-electron chi connectivity index (χ1n) is 11.0. The number of nitrogens with one attached hydrogen (secondary N) is 2. The van der Waals surface area contributed by atoms with Crippen molar-refractivity contribution in [3.8, 4) is 16.9 Å². The third kappa shape index (κ3) is 3.70. The topological polar surface area (TPSA) is 140 Å². The maximum absolute atomic E-state index is 13.5. The first-order valence-corrected chi connectivity index (χ1v) is 11.0. The molecule has 0 fully saturated rings. The van der Waals surface area contributed by atoms with Crippen LogP contribution in [0.4, 0.5) is 0 Å². The molecule has 8 nitrogen and oxygen atoms in total. The Bertz CT molecular complexity index is 1630. The van der Waals surface area contributed by atoms with Crippen LogP contribution in [0, 0.1) is 0 Å². The number of carbonyl (C=O) groups is 2. The average Bonchev–Trinajstić information content (AvgIpc) is 3.57. The van der Waals surface area contributed by atoms with Crippen molar-refractivity contribution >= 4 is 33.6 Å². The van der Waals surface area contributed by atoms with Gasteiger partial charge in [-0.1, -0.05) is 48.0 Å². The van der Waals surface area contributed by atoms with E-state index in [2.05, 4.69) is 9.97 Å². The number of aliphatic hydroxyl groups is 1. The summed E-state index contributed by atoms with van der Waals surface area (Å²) in [7, 11) is 0. The molecule has 3 aromatic heterocycles. The summed E-state index contributed by atoms with van der Waals surface area (Å²) in [5, 5.41) is 31.3. The number of aromatic nitrogens is 2. The van der Waals surface area contributed by atoms with E-state index in [1.165, 1.54) is 6.20 Å². The molecule has 5 N–H and O–H groups in total. The summed E-state index contributed by atoms with van der Waals surface area (Å²) >= 11 is 0. The Morgan fingerprint density at radius 1 is 1.00 bits per heavy atom. The number of hydrogen-bond donors (Lipinski definition) is 5. The number of ketones is 1. The monoisotopic (exact) mass is 470 g/mol. The van der Waals surface area contributed by atoms with Gasteiger partial charge in [0.05, 0.1) is 17.7 Å². The molecule has 3 heterocycles. The van der Waals surface area contributed by atoms with Crippen LogP contribution in [0.25, 0.3) is 32.9 Å². The van der Waals surface area contributed by atoms with Gasteiger partial charge in [0.2, 0.25) is 17.3 Å². The molecule has 0 aliphatic carbocycles. The summed E-state index contributed by atoms with van der Waals surface area (Å²) in [5.74, 6) is -3.51. The zero-order valence-electron chi connectivity index (χ0n) is 18.8. The van der Waals surface area contributed by atoms with E-state index in [1.54, 1.807) is 24.4 Å². The average molecular weight is 470 g/mol. The van der Waals surface area contributed by atoms with Crippen molar-refractivity contribution in [2.75, 3.05) is 6.61 Å². The van der Waals surface area contributed by atoms with Crippen LogP contribution in [0.3, 0.4) is 0 Å². The first kappa shape index (κ1) is 22.2. The number of carboxylic acids is 1. The van der Waals surface area contributed by atoms with Crippen molar-refractivity contribution in [3.63, 3.8) is 0 Å². The van der Waals surface area contributed by atoms with Gasteiger partial charge in [0.1, 0.15) is 0 Å². The molecule has 35 heavy (non-hydrogen) atoms. The lowest BCUT2D eigenvalue weighted by Crippen LogP contribution is -1.99. The maximum atomic E-state index is 13.5. The van der Waals surface area contributed by atoms with Gasteiger partial charge in [-0.05, 0) is 25.0 Å². The number of aromatic amines is 2. The van der Waals surface area contributed by atoms with E-state index in [1.807, 2.05) is 37.3 Å². The molecule has 0 unspecified atom stereocenters. The first-order chi connectivity index (χ1) is 16.9. The molecular formula is C27H22N2O6. The van der Waals surface area contributed by atoms with Crippen molar-refractivity contribution < 1.29 is 29.3 Å². The number of carboxylic acid groups (broad SMARTS) is 1. The molecule has 0 amide bonds. The fourth-order valence-corrected chi connectivity index (χ4v) is 4.30. The largest absolute Gasteiger partial charge is 0.504 e. The lowest BCUT2D eigenvalue weighted by Gasteiger charge is -2.02. The fourth-order valence-electron chi connectivity index (χ4n) is 4.30. The number of aliphatic hydroxyl groups excluding tert-OH is 1. The molecule has 0 saturated carbocycles. The second kappa shape index (κ2) is 8.66. The van der Waals surface area contributed by atoms with Gasteiger partial charge in [-0.15, -0.1) is 0 Å². The van der Waals surface area contributed by atoms with E-state index < -0.39 is 29.0 Å². The molecule has 8 heteroatoms. The molecule has 0 radical (unpaired) electrons. The number of hydrogen-bond acceptors (Lipinski definition) is 5. The fraction of sp³-hybridized carbons (Fsp3) is 0.111. The summed E-state index contributed by atoms with van der Waals surface area (Å²) in [6, 6.07) is 12.7. The number of allylic oxidation sites excluding steroid dienone is 1. The number of benzene rings is 2. The van der Waals surface area contributed by atoms with Gasteiger partial charge >= 0.3 is 5.97 Å². The normalized spacial score (nSPS) is 12.0. The lowest BCUT2D eigenvalue weighted by molar-refractivity contribution is 0.0661. The molecule has 0 spiro atoms. The SMILES string of the molecule is C/C(=C\Cc1cccc2c(C(=O)c3oc(C(=O)O)c(-c4c[nH]c5ccccc45)c3O)c[nH]c12)CO. The molecule has 176 valence electrons. The van der Waals surface area contributed by atoms with E-state index in [-0.39, 0.29) is 17.7 Å². The van der Waals surface area contributed by atoms with Gasteiger partial charge in [-0.2, -0.15) is 0 Å². The number of rotatable bonds is 7. The molecule has 0 aliphatic rings. The minimum absolute atomic E-state index is 0.0348. The molecule has 5 rings (SSSR count). The molecule has 0 bridgehead atoms. The zero-order chi connectivity index (χ0) is 24.7. The molecule has 0 atom stereocenters. The Labute approximate surface area is 199 Å². The van der Waals surface area contributed by atoms with Gasteiger partial charge in [0.15, 0.2) is 5.75 Å². The standard InChI is InChI=1S/C27H22N2O6/c1-14(13-30)9-10-15-5-4-7-17-19(12-29-22(15)17)23(31)26-24(32)21(25(35-26)27(33)34)18-11-28-20-8-3-2-6-16(18)20/h2-9,11-12,28-30,32H,10,13H2,1H3,(H,33,34)/b14-9+.